The maximum atomic E-state index is 12.7. The lowest BCUT2D eigenvalue weighted by atomic mass is 10.2. The first-order chi connectivity index (χ1) is 14.3. The molecule has 1 N–H and O–H groups in total. The third kappa shape index (κ3) is 4.95. The topological polar surface area (TPSA) is 84.9 Å². The summed E-state index contributed by atoms with van der Waals surface area (Å²) in [5.74, 6) is 0.457. The standard InChI is InChI=1S/C21H23ClN2O5S/c1-28-19-13-15(12-18(22)21(19)29-2)8-9-20(25)23-16-6-5-7-17(14-16)30(26,27)24-10-3-4-11-24/h5-9,12-14H,3-4,10-11H2,1-2H3,(H,23,25)/b9-8+. The van der Waals surface area contributed by atoms with Gasteiger partial charge in [-0.25, -0.2) is 8.42 Å². The quantitative estimate of drug-likeness (QED) is 0.648. The van der Waals surface area contributed by atoms with Crippen LogP contribution in [0.2, 0.25) is 5.02 Å². The van der Waals surface area contributed by atoms with Crippen molar-refractivity contribution >= 4 is 39.3 Å². The monoisotopic (exact) mass is 450 g/mol. The van der Waals surface area contributed by atoms with E-state index in [1.165, 1.54) is 36.7 Å². The van der Waals surface area contributed by atoms with Gasteiger partial charge >= 0.3 is 0 Å². The predicted molar refractivity (Wildman–Crippen MR) is 117 cm³/mol. The Bertz CT molecular complexity index is 1060. The lowest BCUT2D eigenvalue weighted by Crippen LogP contribution is -2.27. The van der Waals surface area contributed by atoms with Gasteiger partial charge in [0.05, 0.1) is 24.1 Å². The number of nitrogens with one attached hydrogen (secondary N) is 1. The van der Waals surface area contributed by atoms with Crippen molar-refractivity contribution in [3.05, 3.63) is 53.1 Å². The van der Waals surface area contributed by atoms with Gasteiger partial charge in [-0.05, 0) is 54.8 Å². The molecule has 1 amide bonds. The van der Waals surface area contributed by atoms with E-state index in [1.54, 1.807) is 30.3 Å². The van der Waals surface area contributed by atoms with Gasteiger partial charge in [-0.3, -0.25) is 4.79 Å². The molecule has 0 spiro atoms. The molecular formula is C21H23ClN2O5S. The van der Waals surface area contributed by atoms with Crippen LogP contribution in [-0.4, -0.2) is 45.9 Å². The number of benzene rings is 2. The predicted octanol–water partition coefficient (Wildman–Crippen LogP) is 3.79. The van der Waals surface area contributed by atoms with E-state index in [9.17, 15) is 13.2 Å². The summed E-state index contributed by atoms with van der Waals surface area (Å²) in [7, 11) is -0.559. The lowest BCUT2D eigenvalue weighted by Gasteiger charge is -2.16. The summed E-state index contributed by atoms with van der Waals surface area (Å²) in [6.07, 6.45) is 4.63. The van der Waals surface area contributed by atoms with Crippen LogP contribution in [0.3, 0.4) is 0 Å². The molecule has 0 unspecified atom stereocenters. The Hall–Kier alpha value is -2.55. The number of hydrogen-bond donors (Lipinski definition) is 1. The Kier molecular flexibility index (Phi) is 7.02. The molecule has 2 aromatic rings. The first kappa shape index (κ1) is 22.1. The number of sulfonamides is 1. The van der Waals surface area contributed by atoms with Crippen molar-refractivity contribution in [2.45, 2.75) is 17.7 Å². The van der Waals surface area contributed by atoms with Crippen LogP contribution in [0, 0.1) is 0 Å². The molecule has 0 aromatic heterocycles. The summed E-state index contributed by atoms with van der Waals surface area (Å²) in [4.78, 5) is 12.5. The van der Waals surface area contributed by atoms with E-state index in [1.807, 2.05) is 0 Å². The summed E-state index contributed by atoms with van der Waals surface area (Å²) < 4.78 is 37.3. The fourth-order valence-electron chi connectivity index (χ4n) is 3.20. The molecule has 9 heteroatoms. The van der Waals surface area contributed by atoms with E-state index in [0.29, 0.717) is 40.9 Å². The van der Waals surface area contributed by atoms with Crippen molar-refractivity contribution in [3.63, 3.8) is 0 Å². The van der Waals surface area contributed by atoms with Crippen LogP contribution in [0.4, 0.5) is 5.69 Å². The number of ether oxygens (including phenoxy) is 2. The fraction of sp³-hybridized carbons (Fsp3) is 0.286. The van der Waals surface area contributed by atoms with Gasteiger partial charge in [0, 0.05) is 24.9 Å². The second-order valence-corrected chi connectivity index (χ2v) is 9.04. The number of hydrogen-bond acceptors (Lipinski definition) is 5. The number of methoxy groups -OCH3 is 2. The van der Waals surface area contributed by atoms with E-state index < -0.39 is 15.9 Å². The first-order valence-electron chi connectivity index (χ1n) is 9.36. The molecule has 160 valence electrons. The maximum absolute atomic E-state index is 12.7. The highest BCUT2D eigenvalue weighted by Gasteiger charge is 2.27. The Morgan fingerprint density at radius 3 is 2.53 bits per heavy atom. The zero-order valence-corrected chi connectivity index (χ0v) is 18.3. The molecule has 1 aliphatic rings. The van der Waals surface area contributed by atoms with E-state index in [0.717, 1.165) is 12.8 Å². The lowest BCUT2D eigenvalue weighted by molar-refractivity contribution is -0.111. The highest BCUT2D eigenvalue weighted by molar-refractivity contribution is 7.89. The van der Waals surface area contributed by atoms with Crippen molar-refractivity contribution in [1.82, 2.24) is 4.31 Å². The van der Waals surface area contributed by atoms with Crippen LogP contribution in [0.25, 0.3) is 6.08 Å². The van der Waals surface area contributed by atoms with Crippen LogP contribution in [0.5, 0.6) is 11.5 Å². The van der Waals surface area contributed by atoms with Gasteiger partial charge in [0.15, 0.2) is 11.5 Å². The Labute approximate surface area is 181 Å². The average molecular weight is 451 g/mol. The molecule has 2 aromatic carbocycles. The number of nitrogens with zero attached hydrogens (tertiary/aromatic N) is 1. The molecule has 3 rings (SSSR count). The van der Waals surface area contributed by atoms with E-state index >= 15 is 0 Å². The smallest absolute Gasteiger partial charge is 0.248 e. The molecule has 0 bridgehead atoms. The zero-order valence-electron chi connectivity index (χ0n) is 16.7. The van der Waals surface area contributed by atoms with Gasteiger partial charge in [-0.2, -0.15) is 4.31 Å². The van der Waals surface area contributed by atoms with Crippen molar-refractivity contribution in [1.29, 1.82) is 0 Å². The summed E-state index contributed by atoms with van der Waals surface area (Å²) >= 11 is 6.17. The number of halogens is 1. The number of carbonyl (C=O) groups is 1. The molecule has 0 atom stereocenters. The van der Waals surface area contributed by atoms with Gasteiger partial charge in [-0.15, -0.1) is 0 Å². The molecule has 1 fully saturated rings. The minimum absolute atomic E-state index is 0.165. The van der Waals surface area contributed by atoms with Gasteiger partial charge in [0.2, 0.25) is 15.9 Å². The molecule has 1 saturated heterocycles. The normalized spacial score (nSPS) is 14.8. The molecule has 30 heavy (non-hydrogen) atoms. The third-order valence-corrected chi connectivity index (χ3v) is 6.86. The highest BCUT2D eigenvalue weighted by atomic mass is 35.5. The Morgan fingerprint density at radius 1 is 1.13 bits per heavy atom. The van der Waals surface area contributed by atoms with Crippen LogP contribution in [0.1, 0.15) is 18.4 Å². The molecule has 7 nitrogen and oxygen atoms in total. The molecule has 0 radical (unpaired) electrons. The van der Waals surface area contributed by atoms with Crippen molar-refractivity contribution in [2.24, 2.45) is 0 Å². The summed E-state index contributed by atoms with van der Waals surface area (Å²) in [5, 5.41) is 3.04. The fourth-order valence-corrected chi connectivity index (χ4v) is 5.06. The minimum Gasteiger partial charge on any atom is -0.493 e. The minimum atomic E-state index is -3.55. The SMILES string of the molecule is COc1cc(/C=C/C(=O)Nc2cccc(S(=O)(=O)N3CCCC3)c2)cc(Cl)c1OC. The van der Waals surface area contributed by atoms with Crippen molar-refractivity contribution < 1.29 is 22.7 Å². The second-order valence-electron chi connectivity index (χ2n) is 6.70. The Morgan fingerprint density at radius 2 is 1.87 bits per heavy atom. The Balaban J connectivity index is 1.73. The molecule has 1 aliphatic heterocycles. The number of rotatable bonds is 7. The summed E-state index contributed by atoms with van der Waals surface area (Å²) in [6.45, 7) is 1.05. The molecule has 0 saturated carbocycles. The van der Waals surface area contributed by atoms with Crippen molar-refractivity contribution in [2.75, 3.05) is 32.6 Å². The van der Waals surface area contributed by atoms with Gasteiger partial charge < -0.3 is 14.8 Å². The average Bonchev–Trinajstić information content (AvgIpc) is 3.28. The molecule has 1 heterocycles. The van der Waals surface area contributed by atoms with E-state index in [2.05, 4.69) is 5.32 Å². The molecular weight excluding hydrogens is 428 g/mol. The van der Waals surface area contributed by atoms with Gasteiger partial charge in [0.25, 0.3) is 0 Å². The first-order valence-corrected chi connectivity index (χ1v) is 11.2. The zero-order chi connectivity index (χ0) is 21.7. The van der Waals surface area contributed by atoms with E-state index in [-0.39, 0.29) is 4.90 Å². The third-order valence-electron chi connectivity index (χ3n) is 4.69. The number of anilines is 1. The van der Waals surface area contributed by atoms with Crippen LogP contribution < -0.4 is 14.8 Å². The largest absolute Gasteiger partial charge is 0.493 e. The summed E-state index contributed by atoms with van der Waals surface area (Å²) in [6, 6.07) is 9.59. The van der Waals surface area contributed by atoms with Gasteiger partial charge in [0.1, 0.15) is 0 Å². The number of carbonyl (C=O) groups excluding carboxylic acids is 1. The van der Waals surface area contributed by atoms with Crippen molar-refractivity contribution in [3.8, 4) is 11.5 Å². The highest BCUT2D eigenvalue weighted by Crippen LogP contribution is 2.36. The van der Waals surface area contributed by atoms with Crippen LogP contribution in [-0.2, 0) is 14.8 Å². The van der Waals surface area contributed by atoms with Crippen LogP contribution >= 0.6 is 11.6 Å². The number of amides is 1. The van der Waals surface area contributed by atoms with E-state index in [4.69, 9.17) is 21.1 Å². The van der Waals surface area contributed by atoms with Gasteiger partial charge in [-0.1, -0.05) is 17.7 Å². The summed E-state index contributed by atoms with van der Waals surface area (Å²) in [5.41, 5.74) is 1.05. The molecule has 0 aliphatic carbocycles. The van der Waals surface area contributed by atoms with Crippen LogP contribution in [0.15, 0.2) is 47.4 Å². The second kappa shape index (κ2) is 9.51. The maximum Gasteiger partial charge on any atom is 0.248 e.